The lowest BCUT2D eigenvalue weighted by Crippen LogP contribution is -2.25. The predicted molar refractivity (Wildman–Crippen MR) is 225 cm³/mol. The normalized spacial score (nSPS) is 13.7. The summed E-state index contributed by atoms with van der Waals surface area (Å²) in [5, 5.41) is 3.87. The molecule has 2 aliphatic carbocycles. The molecule has 0 fully saturated rings. The fraction of sp³-hybridized carbons (Fsp3) is 0.176. The van der Waals surface area contributed by atoms with Gasteiger partial charge in [-0.05, 0) is 95.8 Å². The van der Waals surface area contributed by atoms with Crippen LogP contribution in [0.4, 0.5) is 17.1 Å². The van der Waals surface area contributed by atoms with E-state index in [4.69, 9.17) is 5.73 Å². The molecular formula is C51H46N2. The average Bonchev–Trinajstić information content (AvgIpc) is 3.62. The fourth-order valence-corrected chi connectivity index (χ4v) is 8.83. The summed E-state index contributed by atoms with van der Waals surface area (Å²) in [5.74, 6) is 0. The molecule has 2 nitrogen and oxygen atoms in total. The lowest BCUT2D eigenvalue weighted by Gasteiger charge is -2.31. The van der Waals surface area contributed by atoms with E-state index < -0.39 is 5.41 Å². The lowest BCUT2D eigenvalue weighted by molar-refractivity contribution is 0.569. The van der Waals surface area contributed by atoms with Gasteiger partial charge in [0.05, 0.1) is 22.5 Å². The topological polar surface area (TPSA) is 38.0 Å². The van der Waals surface area contributed by atoms with Crippen LogP contribution in [0.1, 0.15) is 74.9 Å². The number of rotatable bonds is 4. The van der Waals surface area contributed by atoms with Crippen LogP contribution in [-0.4, -0.2) is 0 Å². The van der Waals surface area contributed by atoms with E-state index in [1.165, 1.54) is 66.8 Å². The Morgan fingerprint density at radius 3 is 1.40 bits per heavy atom. The van der Waals surface area contributed by atoms with Crippen molar-refractivity contribution in [1.29, 1.82) is 0 Å². The Balaban J connectivity index is 1.32. The van der Waals surface area contributed by atoms with Crippen LogP contribution in [0, 0.1) is 0 Å². The monoisotopic (exact) mass is 686 g/mol. The van der Waals surface area contributed by atoms with Gasteiger partial charge in [-0.1, -0.05) is 175 Å². The van der Waals surface area contributed by atoms with Crippen molar-refractivity contribution < 1.29 is 0 Å². The molecule has 0 atom stereocenters. The number of para-hydroxylation sites is 3. The molecule has 2 heteroatoms. The van der Waals surface area contributed by atoms with Gasteiger partial charge < -0.3 is 11.1 Å². The Kier molecular flexibility index (Phi) is 7.37. The molecule has 0 aliphatic heterocycles. The molecule has 0 saturated carbocycles. The maximum atomic E-state index is 6.64. The van der Waals surface area contributed by atoms with Gasteiger partial charge in [-0.2, -0.15) is 0 Å². The molecule has 260 valence electrons. The van der Waals surface area contributed by atoms with Crippen LogP contribution in [0.3, 0.4) is 0 Å². The van der Waals surface area contributed by atoms with Crippen molar-refractivity contribution in [3.8, 4) is 44.5 Å². The number of anilines is 3. The van der Waals surface area contributed by atoms with Crippen molar-refractivity contribution in [2.75, 3.05) is 11.1 Å². The first-order valence-corrected chi connectivity index (χ1v) is 18.8. The molecule has 1 spiro atoms. The van der Waals surface area contributed by atoms with Crippen molar-refractivity contribution in [2.45, 2.75) is 57.8 Å². The number of nitrogen functional groups attached to an aromatic ring is 1. The number of fused-ring (bicyclic) bond motifs is 10. The fourth-order valence-electron chi connectivity index (χ4n) is 8.83. The molecule has 9 rings (SSSR count). The number of hydrogen-bond acceptors (Lipinski definition) is 2. The molecule has 0 saturated heterocycles. The van der Waals surface area contributed by atoms with Crippen LogP contribution in [0.2, 0.25) is 0 Å². The highest BCUT2D eigenvalue weighted by atomic mass is 14.9. The zero-order valence-electron chi connectivity index (χ0n) is 31.5. The van der Waals surface area contributed by atoms with Crippen molar-refractivity contribution in [2.24, 2.45) is 0 Å². The Morgan fingerprint density at radius 1 is 0.415 bits per heavy atom. The number of hydrogen-bond donors (Lipinski definition) is 2. The summed E-state index contributed by atoms with van der Waals surface area (Å²) in [6.45, 7) is 13.8. The van der Waals surface area contributed by atoms with E-state index in [9.17, 15) is 0 Å². The Bertz CT molecular complexity index is 2480. The average molecular weight is 687 g/mol. The van der Waals surface area contributed by atoms with E-state index in [1.807, 2.05) is 18.2 Å². The second-order valence-corrected chi connectivity index (χ2v) is 16.9. The quantitative estimate of drug-likeness (QED) is 0.181. The van der Waals surface area contributed by atoms with Gasteiger partial charge in [-0.3, -0.25) is 0 Å². The molecule has 7 aromatic rings. The van der Waals surface area contributed by atoms with Gasteiger partial charge >= 0.3 is 0 Å². The van der Waals surface area contributed by atoms with Gasteiger partial charge in [0.25, 0.3) is 0 Å². The van der Waals surface area contributed by atoms with Crippen molar-refractivity contribution >= 4 is 17.1 Å². The van der Waals surface area contributed by atoms with Gasteiger partial charge in [0.1, 0.15) is 0 Å². The molecule has 0 amide bonds. The summed E-state index contributed by atoms with van der Waals surface area (Å²) < 4.78 is 0. The Hall–Kier alpha value is -5.86. The molecule has 3 N–H and O–H groups in total. The van der Waals surface area contributed by atoms with Crippen LogP contribution in [0.25, 0.3) is 44.5 Å². The van der Waals surface area contributed by atoms with Crippen molar-refractivity contribution in [1.82, 2.24) is 0 Å². The van der Waals surface area contributed by atoms with E-state index in [0.29, 0.717) is 0 Å². The van der Waals surface area contributed by atoms with Crippen LogP contribution in [-0.2, 0) is 16.2 Å². The first-order valence-electron chi connectivity index (χ1n) is 18.8. The lowest BCUT2D eigenvalue weighted by atomic mass is 9.70. The van der Waals surface area contributed by atoms with E-state index >= 15 is 0 Å². The minimum absolute atomic E-state index is 0.0117. The standard InChI is InChI=1S/C51H46N2/c1-49(2,3)34-28-33(29-35(31-34)50(4,5)6)37-20-15-19-36(48(37)53-47-25-14-13-24-46(47)52)32-26-27-41-40-18-9-12-23-44(40)51(45(41)30-32)42-21-10-7-16-38(42)39-17-8-11-22-43(39)51/h7-31,53H,52H2,1-6H3. The van der Waals surface area contributed by atoms with E-state index in [-0.39, 0.29) is 10.8 Å². The summed E-state index contributed by atoms with van der Waals surface area (Å²) in [5.41, 5.74) is 26.8. The SMILES string of the molecule is CC(C)(C)c1cc(-c2cccc(-c3ccc4c(c3)C3(c5ccccc5-c5ccccc53)c3ccccc3-4)c2Nc2ccccc2N)cc(C(C)(C)C)c1. The maximum Gasteiger partial charge on any atom is 0.0725 e. The highest BCUT2D eigenvalue weighted by Gasteiger charge is 2.51. The number of nitrogens with one attached hydrogen (secondary N) is 1. The second kappa shape index (κ2) is 11.8. The van der Waals surface area contributed by atoms with Crippen LogP contribution in [0.15, 0.2) is 152 Å². The zero-order chi connectivity index (χ0) is 36.7. The molecule has 0 unspecified atom stereocenters. The van der Waals surface area contributed by atoms with Crippen LogP contribution < -0.4 is 11.1 Å². The number of nitrogens with two attached hydrogens (primary N) is 1. The van der Waals surface area contributed by atoms with Gasteiger partial charge in [-0.25, -0.2) is 0 Å². The first kappa shape index (κ1) is 33.0. The van der Waals surface area contributed by atoms with Gasteiger partial charge in [0.15, 0.2) is 0 Å². The van der Waals surface area contributed by atoms with E-state index in [1.54, 1.807) is 0 Å². The number of benzene rings is 7. The van der Waals surface area contributed by atoms with Crippen LogP contribution >= 0.6 is 0 Å². The van der Waals surface area contributed by atoms with Gasteiger partial charge in [-0.15, -0.1) is 0 Å². The van der Waals surface area contributed by atoms with Gasteiger partial charge in [0.2, 0.25) is 0 Å². The van der Waals surface area contributed by atoms with Gasteiger partial charge in [0, 0.05) is 11.1 Å². The summed E-state index contributed by atoms with van der Waals surface area (Å²) >= 11 is 0. The minimum atomic E-state index is -0.410. The van der Waals surface area contributed by atoms with E-state index in [2.05, 4.69) is 180 Å². The summed E-state index contributed by atoms with van der Waals surface area (Å²) in [6.07, 6.45) is 0. The first-order chi connectivity index (χ1) is 25.5. The molecule has 0 radical (unpaired) electrons. The minimum Gasteiger partial charge on any atom is -0.397 e. The third-order valence-corrected chi connectivity index (χ3v) is 11.6. The summed E-state index contributed by atoms with van der Waals surface area (Å²) in [6, 6.07) is 56.1. The molecule has 2 aliphatic rings. The zero-order valence-corrected chi connectivity index (χ0v) is 31.5. The predicted octanol–water partition coefficient (Wildman–Crippen LogP) is 13.3. The molecule has 0 heterocycles. The molecule has 0 bridgehead atoms. The van der Waals surface area contributed by atoms with Crippen molar-refractivity contribution in [3.05, 3.63) is 185 Å². The highest BCUT2D eigenvalue weighted by Crippen LogP contribution is 2.63. The molecule has 7 aromatic carbocycles. The largest absolute Gasteiger partial charge is 0.397 e. The Morgan fingerprint density at radius 2 is 0.868 bits per heavy atom. The maximum absolute atomic E-state index is 6.64. The van der Waals surface area contributed by atoms with Crippen LogP contribution in [0.5, 0.6) is 0 Å². The van der Waals surface area contributed by atoms with Crippen molar-refractivity contribution in [3.63, 3.8) is 0 Å². The third-order valence-electron chi connectivity index (χ3n) is 11.6. The molecular weight excluding hydrogens is 641 g/mol. The van der Waals surface area contributed by atoms with E-state index in [0.717, 1.165) is 28.2 Å². The summed E-state index contributed by atoms with van der Waals surface area (Å²) in [4.78, 5) is 0. The smallest absolute Gasteiger partial charge is 0.0725 e. The molecule has 0 aromatic heterocycles. The second-order valence-electron chi connectivity index (χ2n) is 16.9. The Labute approximate surface area is 314 Å². The summed E-state index contributed by atoms with van der Waals surface area (Å²) in [7, 11) is 0. The molecule has 53 heavy (non-hydrogen) atoms. The third kappa shape index (κ3) is 5.07. The highest BCUT2D eigenvalue weighted by molar-refractivity contribution is 5.98.